The van der Waals surface area contributed by atoms with Gasteiger partial charge in [-0.05, 0) is 24.1 Å². The highest BCUT2D eigenvalue weighted by molar-refractivity contribution is 5.77. The Balaban J connectivity index is 1.62. The van der Waals surface area contributed by atoms with Gasteiger partial charge >= 0.3 is 0 Å². The van der Waals surface area contributed by atoms with Gasteiger partial charge in [0, 0.05) is 26.2 Å². The van der Waals surface area contributed by atoms with Crippen LogP contribution in [0.2, 0.25) is 0 Å². The van der Waals surface area contributed by atoms with E-state index in [-0.39, 0.29) is 12.5 Å². The molecule has 1 fully saturated rings. The van der Waals surface area contributed by atoms with Crippen LogP contribution in [-0.2, 0) is 16.0 Å². The van der Waals surface area contributed by atoms with Crippen molar-refractivity contribution >= 4 is 5.91 Å². The van der Waals surface area contributed by atoms with Gasteiger partial charge in [0.25, 0.3) is 5.91 Å². The molecule has 0 radical (unpaired) electrons. The molecule has 21 heavy (non-hydrogen) atoms. The highest BCUT2D eigenvalue weighted by Gasteiger charge is 2.10. The average Bonchev–Trinajstić information content (AvgIpc) is 2.54. The van der Waals surface area contributed by atoms with Gasteiger partial charge in [-0.3, -0.25) is 9.69 Å². The molecule has 1 N–H and O–H groups in total. The number of nitrogens with zero attached hydrogens (tertiary/aromatic N) is 1. The summed E-state index contributed by atoms with van der Waals surface area (Å²) in [6, 6.07) is 7.85. The summed E-state index contributed by atoms with van der Waals surface area (Å²) >= 11 is 0. The lowest BCUT2D eigenvalue weighted by Gasteiger charge is -2.26. The second-order valence-electron chi connectivity index (χ2n) is 5.09. The number of carbonyl (C=O) groups excluding carboxylic acids is 1. The number of morpholine rings is 1. The first-order valence-electron chi connectivity index (χ1n) is 7.56. The van der Waals surface area contributed by atoms with Gasteiger partial charge in [0.15, 0.2) is 6.61 Å². The lowest BCUT2D eigenvalue weighted by atomic mass is 10.2. The first kappa shape index (κ1) is 15.8. The van der Waals surface area contributed by atoms with E-state index >= 15 is 0 Å². The molecule has 0 spiro atoms. The van der Waals surface area contributed by atoms with Gasteiger partial charge in [0.2, 0.25) is 0 Å². The normalized spacial score (nSPS) is 15.7. The van der Waals surface area contributed by atoms with Crippen LogP contribution in [0.3, 0.4) is 0 Å². The number of nitrogens with one attached hydrogen (secondary N) is 1. The van der Waals surface area contributed by atoms with Crippen LogP contribution < -0.4 is 10.1 Å². The lowest BCUT2D eigenvalue weighted by Crippen LogP contribution is -2.42. The molecule has 0 aliphatic carbocycles. The fourth-order valence-corrected chi connectivity index (χ4v) is 2.23. The molecular weight excluding hydrogens is 268 g/mol. The summed E-state index contributed by atoms with van der Waals surface area (Å²) in [6.07, 6.45) is 0.961. The zero-order chi connectivity index (χ0) is 14.9. The smallest absolute Gasteiger partial charge is 0.257 e. The largest absolute Gasteiger partial charge is 0.484 e. The van der Waals surface area contributed by atoms with E-state index in [1.807, 2.05) is 18.2 Å². The van der Waals surface area contributed by atoms with E-state index < -0.39 is 0 Å². The molecule has 1 saturated heterocycles. The van der Waals surface area contributed by atoms with Crippen LogP contribution >= 0.6 is 0 Å². The SMILES string of the molecule is CCc1cccc(OCC(=O)NCCN2CCOCC2)c1. The number of benzene rings is 1. The molecule has 2 rings (SSSR count). The fraction of sp³-hybridized carbons (Fsp3) is 0.562. The minimum absolute atomic E-state index is 0.0658. The van der Waals surface area contributed by atoms with E-state index in [9.17, 15) is 4.79 Å². The van der Waals surface area contributed by atoms with Gasteiger partial charge in [-0.25, -0.2) is 0 Å². The molecule has 1 aliphatic rings. The molecule has 5 nitrogen and oxygen atoms in total. The van der Waals surface area contributed by atoms with Crippen molar-refractivity contribution in [1.29, 1.82) is 0 Å². The topological polar surface area (TPSA) is 50.8 Å². The predicted octanol–water partition coefficient (Wildman–Crippen LogP) is 1.08. The number of hydrogen-bond acceptors (Lipinski definition) is 4. The van der Waals surface area contributed by atoms with Crippen molar-refractivity contribution in [3.63, 3.8) is 0 Å². The third-order valence-corrected chi connectivity index (χ3v) is 3.53. The molecule has 1 heterocycles. The second kappa shape index (κ2) is 8.64. The van der Waals surface area contributed by atoms with Gasteiger partial charge in [-0.1, -0.05) is 19.1 Å². The van der Waals surface area contributed by atoms with E-state index in [4.69, 9.17) is 9.47 Å². The molecular formula is C16H24N2O3. The second-order valence-corrected chi connectivity index (χ2v) is 5.09. The standard InChI is InChI=1S/C16H24N2O3/c1-2-14-4-3-5-15(12-14)21-13-16(19)17-6-7-18-8-10-20-11-9-18/h3-5,12H,2,6-11,13H2,1H3,(H,17,19). The van der Waals surface area contributed by atoms with Crippen LogP contribution in [0.15, 0.2) is 24.3 Å². The number of aryl methyl sites for hydroxylation is 1. The maximum atomic E-state index is 11.7. The van der Waals surface area contributed by atoms with Gasteiger partial charge in [0.05, 0.1) is 13.2 Å². The van der Waals surface area contributed by atoms with Crippen molar-refractivity contribution in [3.8, 4) is 5.75 Å². The molecule has 0 atom stereocenters. The van der Waals surface area contributed by atoms with Gasteiger partial charge < -0.3 is 14.8 Å². The summed E-state index contributed by atoms with van der Waals surface area (Å²) < 4.78 is 10.8. The van der Waals surface area contributed by atoms with E-state index in [0.717, 1.165) is 45.0 Å². The maximum absolute atomic E-state index is 11.7. The van der Waals surface area contributed by atoms with Gasteiger partial charge in [0.1, 0.15) is 5.75 Å². The van der Waals surface area contributed by atoms with Crippen molar-refractivity contribution in [2.75, 3.05) is 46.0 Å². The van der Waals surface area contributed by atoms with Gasteiger partial charge in [-0.2, -0.15) is 0 Å². The third-order valence-electron chi connectivity index (χ3n) is 3.53. The van der Waals surface area contributed by atoms with Crippen LogP contribution in [-0.4, -0.2) is 56.8 Å². The quantitative estimate of drug-likeness (QED) is 0.817. The highest BCUT2D eigenvalue weighted by atomic mass is 16.5. The van der Waals surface area contributed by atoms with E-state index in [1.165, 1.54) is 5.56 Å². The number of hydrogen-bond donors (Lipinski definition) is 1. The zero-order valence-electron chi connectivity index (χ0n) is 12.6. The lowest BCUT2D eigenvalue weighted by molar-refractivity contribution is -0.123. The first-order chi connectivity index (χ1) is 10.3. The average molecular weight is 292 g/mol. The Kier molecular flexibility index (Phi) is 6.50. The van der Waals surface area contributed by atoms with Gasteiger partial charge in [-0.15, -0.1) is 0 Å². The molecule has 1 aromatic carbocycles. The minimum atomic E-state index is -0.0786. The summed E-state index contributed by atoms with van der Waals surface area (Å²) in [5, 5.41) is 2.88. The predicted molar refractivity (Wildman–Crippen MR) is 81.6 cm³/mol. The Labute approximate surface area is 126 Å². The summed E-state index contributed by atoms with van der Waals surface area (Å²) in [5.74, 6) is 0.669. The molecule has 0 unspecified atom stereocenters. The van der Waals surface area contributed by atoms with Crippen molar-refractivity contribution in [3.05, 3.63) is 29.8 Å². The molecule has 0 aromatic heterocycles. The Morgan fingerprint density at radius 2 is 2.19 bits per heavy atom. The molecule has 0 saturated carbocycles. The van der Waals surface area contributed by atoms with Crippen LogP contribution in [0.5, 0.6) is 5.75 Å². The van der Waals surface area contributed by atoms with Crippen molar-refractivity contribution < 1.29 is 14.3 Å². The Morgan fingerprint density at radius 1 is 1.38 bits per heavy atom. The van der Waals surface area contributed by atoms with Crippen molar-refractivity contribution in [2.24, 2.45) is 0 Å². The van der Waals surface area contributed by atoms with Crippen LogP contribution in [0.25, 0.3) is 0 Å². The first-order valence-corrected chi connectivity index (χ1v) is 7.56. The summed E-state index contributed by atoms with van der Waals surface area (Å²) in [6.45, 7) is 7.12. The summed E-state index contributed by atoms with van der Waals surface area (Å²) in [5.41, 5.74) is 1.21. The molecule has 5 heteroatoms. The minimum Gasteiger partial charge on any atom is -0.484 e. The van der Waals surface area contributed by atoms with Crippen molar-refractivity contribution in [1.82, 2.24) is 10.2 Å². The Bertz CT molecular complexity index is 445. The van der Waals surface area contributed by atoms with Crippen LogP contribution in [0, 0.1) is 0 Å². The number of amides is 1. The van der Waals surface area contributed by atoms with E-state index in [1.54, 1.807) is 0 Å². The maximum Gasteiger partial charge on any atom is 0.257 e. The Hall–Kier alpha value is -1.59. The molecule has 0 bridgehead atoms. The van der Waals surface area contributed by atoms with E-state index in [0.29, 0.717) is 6.54 Å². The van der Waals surface area contributed by atoms with Crippen LogP contribution in [0.1, 0.15) is 12.5 Å². The Morgan fingerprint density at radius 3 is 2.95 bits per heavy atom. The summed E-state index contributed by atoms with van der Waals surface area (Å²) in [7, 11) is 0. The molecule has 116 valence electrons. The zero-order valence-corrected chi connectivity index (χ0v) is 12.6. The number of rotatable bonds is 7. The van der Waals surface area contributed by atoms with Crippen molar-refractivity contribution in [2.45, 2.75) is 13.3 Å². The molecule has 1 aromatic rings. The van der Waals surface area contributed by atoms with Crippen LogP contribution in [0.4, 0.5) is 0 Å². The van der Waals surface area contributed by atoms with E-state index in [2.05, 4.69) is 23.2 Å². The number of ether oxygens (including phenoxy) is 2. The monoisotopic (exact) mass is 292 g/mol. The number of carbonyl (C=O) groups is 1. The fourth-order valence-electron chi connectivity index (χ4n) is 2.23. The summed E-state index contributed by atoms with van der Waals surface area (Å²) in [4.78, 5) is 14.0. The highest BCUT2D eigenvalue weighted by Crippen LogP contribution is 2.13. The third kappa shape index (κ3) is 5.73. The molecule has 1 aliphatic heterocycles. The molecule has 1 amide bonds.